The maximum atomic E-state index is 11.8. The molecule has 0 amide bonds. The minimum absolute atomic E-state index is 0.0752. The largest absolute Gasteiger partial charge is 0.381 e. The van der Waals surface area contributed by atoms with Gasteiger partial charge >= 0.3 is 0 Å². The quantitative estimate of drug-likeness (QED) is 0.682. The third-order valence-electron chi connectivity index (χ3n) is 2.97. The van der Waals surface area contributed by atoms with Crippen LogP contribution in [0.5, 0.6) is 0 Å². The zero-order chi connectivity index (χ0) is 17.1. The second-order valence-electron chi connectivity index (χ2n) is 6.39. The van der Waals surface area contributed by atoms with E-state index in [1.807, 2.05) is 60.7 Å². The maximum Gasteiger partial charge on any atom is 0.193 e. The van der Waals surface area contributed by atoms with E-state index in [2.05, 4.69) is 27.7 Å². The number of benzene rings is 2. The van der Waals surface area contributed by atoms with Crippen molar-refractivity contribution in [1.82, 2.24) is 0 Å². The Labute approximate surface area is 140 Å². The molecule has 0 bridgehead atoms. The number of hydrogen-bond donors (Lipinski definition) is 0. The maximum absolute atomic E-state index is 11.8. The SMILES string of the molecule is CC(C)COCC(C)C.O=C(c1ccccc1)c1ccccc1. The van der Waals surface area contributed by atoms with Crippen molar-refractivity contribution in [3.8, 4) is 0 Å². The summed E-state index contributed by atoms with van der Waals surface area (Å²) in [6, 6.07) is 18.6. The van der Waals surface area contributed by atoms with E-state index in [1.165, 1.54) is 0 Å². The summed E-state index contributed by atoms with van der Waals surface area (Å²) < 4.78 is 5.36. The van der Waals surface area contributed by atoms with Gasteiger partial charge in [-0.25, -0.2) is 0 Å². The van der Waals surface area contributed by atoms with E-state index in [1.54, 1.807) is 0 Å². The number of rotatable bonds is 6. The van der Waals surface area contributed by atoms with E-state index in [0.29, 0.717) is 11.8 Å². The molecule has 0 radical (unpaired) electrons. The molecule has 2 nitrogen and oxygen atoms in total. The first-order valence-corrected chi connectivity index (χ1v) is 8.23. The van der Waals surface area contributed by atoms with Crippen molar-refractivity contribution < 1.29 is 9.53 Å². The van der Waals surface area contributed by atoms with Gasteiger partial charge in [-0.05, 0) is 11.8 Å². The lowest BCUT2D eigenvalue weighted by Gasteiger charge is -2.07. The van der Waals surface area contributed by atoms with Crippen molar-refractivity contribution in [2.75, 3.05) is 13.2 Å². The first-order chi connectivity index (χ1) is 11.0. The van der Waals surface area contributed by atoms with Crippen LogP contribution >= 0.6 is 0 Å². The van der Waals surface area contributed by atoms with Crippen LogP contribution in [0.4, 0.5) is 0 Å². The summed E-state index contributed by atoms with van der Waals surface area (Å²) in [6.07, 6.45) is 0. The predicted octanol–water partition coefficient (Wildman–Crippen LogP) is 5.23. The zero-order valence-electron chi connectivity index (χ0n) is 14.7. The minimum atomic E-state index is 0.0752. The highest BCUT2D eigenvalue weighted by atomic mass is 16.5. The minimum Gasteiger partial charge on any atom is -0.381 e. The Kier molecular flexibility index (Phi) is 8.93. The molecule has 0 spiro atoms. The first kappa shape index (κ1) is 19.1. The predicted molar refractivity (Wildman–Crippen MR) is 96.8 cm³/mol. The monoisotopic (exact) mass is 312 g/mol. The molecule has 0 aromatic heterocycles. The van der Waals surface area contributed by atoms with Gasteiger partial charge in [0.1, 0.15) is 0 Å². The molecule has 0 atom stereocenters. The summed E-state index contributed by atoms with van der Waals surface area (Å²) in [5.41, 5.74) is 1.47. The Morgan fingerprint density at radius 2 is 1.09 bits per heavy atom. The molecule has 0 fully saturated rings. The van der Waals surface area contributed by atoms with Crippen LogP contribution in [0.2, 0.25) is 0 Å². The Morgan fingerprint density at radius 1 is 0.739 bits per heavy atom. The summed E-state index contributed by atoms with van der Waals surface area (Å²) in [5, 5.41) is 0. The van der Waals surface area contributed by atoms with Crippen LogP contribution in [-0.4, -0.2) is 19.0 Å². The van der Waals surface area contributed by atoms with Gasteiger partial charge in [0.2, 0.25) is 0 Å². The average molecular weight is 312 g/mol. The molecule has 0 saturated heterocycles. The van der Waals surface area contributed by atoms with Gasteiger partial charge in [0.25, 0.3) is 0 Å². The highest BCUT2D eigenvalue weighted by Crippen LogP contribution is 2.08. The molecule has 2 aromatic carbocycles. The third-order valence-corrected chi connectivity index (χ3v) is 2.97. The number of carbonyl (C=O) groups is 1. The molecule has 0 unspecified atom stereocenters. The molecule has 0 aliphatic rings. The van der Waals surface area contributed by atoms with Crippen LogP contribution in [0, 0.1) is 11.8 Å². The fraction of sp³-hybridized carbons (Fsp3) is 0.381. The number of carbonyl (C=O) groups excluding carboxylic acids is 1. The highest BCUT2D eigenvalue weighted by molar-refractivity contribution is 6.08. The molecule has 124 valence electrons. The molecule has 0 heterocycles. The van der Waals surface area contributed by atoms with Gasteiger partial charge < -0.3 is 4.74 Å². The summed E-state index contributed by atoms with van der Waals surface area (Å²) in [7, 11) is 0. The van der Waals surface area contributed by atoms with Gasteiger partial charge in [0.05, 0.1) is 0 Å². The van der Waals surface area contributed by atoms with Crippen LogP contribution < -0.4 is 0 Å². The molecule has 0 N–H and O–H groups in total. The number of ether oxygens (including phenoxy) is 1. The molecule has 2 heteroatoms. The van der Waals surface area contributed by atoms with Gasteiger partial charge in [-0.3, -0.25) is 4.79 Å². The normalized spacial score (nSPS) is 10.3. The van der Waals surface area contributed by atoms with Crippen LogP contribution in [0.25, 0.3) is 0 Å². The van der Waals surface area contributed by atoms with Gasteiger partial charge in [-0.2, -0.15) is 0 Å². The van der Waals surface area contributed by atoms with Crippen LogP contribution in [0.1, 0.15) is 43.6 Å². The van der Waals surface area contributed by atoms with Crippen molar-refractivity contribution in [3.05, 3.63) is 71.8 Å². The second kappa shape index (κ2) is 10.7. The molecule has 0 aliphatic carbocycles. The lowest BCUT2D eigenvalue weighted by atomic mass is 10.0. The van der Waals surface area contributed by atoms with E-state index >= 15 is 0 Å². The molecular weight excluding hydrogens is 284 g/mol. The fourth-order valence-electron chi connectivity index (χ4n) is 1.89. The molecule has 23 heavy (non-hydrogen) atoms. The molecule has 2 aromatic rings. The zero-order valence-corrected chi connectivity index (χ0v) is 14.7. The molecular formula is C21H28O2. The Balaban J connectivity index is 0.000000257. The van der Waals surface area contributed by atoms with Gasteiger partial charge in [0, 0.05) is 24.3 Å². The summed E-state index contributed by atoms with van der Waals surface area (Å²) in [5.74, 6) is 1.42. The summed E-state index contributed by atoms with van der Waals surface area (Å²) in [6.45, 7) is 10.5. The highest BCUT2D eigenvalue weighted by Gasteiger charge is 2.06. The van der Waals surface area contributed by atoms with Crippen molar-refractivity contribution in [1.29, 1.82) is 0 Å². The first-order valence-electron chi connectivity index (χ1n) is 8.23. The van der Waals surface area contributed by atoms with Crippen molar-refractivity contribution in [2.24, 2.45) is 11.8 Å². The fourth-order valence-corrected chi connectivity index (χ4v) is 1.89. The lowest BCUT2D eigenvalue weighted by molar-refractivity contribution is 0.0886. The molecule has 2 rings (SSSR count). The van der Waals surface area contributed by atoms with E-state index in [4.69, 9.17) is 4.74 Å². The van der Waals surface area contributed by atoms with Gasteiger partial charge in [-0.1, -0.05) is 88.4 Å². The van der Waals surface area contributed by atoms with Gasteiger partial charge in [-0.15, -0.1) is 0 Å². The van der Waals surface area contributed by atoms with Crippen molar-refractivity contribution >= 4 is 5.78 Å². The molecule has 0 aliphatic heterocycles. The number of ketones is 1. The summed E-state index contributed by atoms with van der Waals surface area (Å²) in [4.78, 5) is 11.8. The van der Waals surface area contributed by atoms with E-state index in [9.17, 15) is 4.79 Å². The van der Waals surface area contributed by atoms with Crippen LogP contribution in [-0.2, 0) is 4.74 Å². The van der Waals surface area contributed by atoms with Crippen LogP contribution in [0.15, 0.2) is 60.7 Å². The van der Waals surface area contributed by atoms with E-state index < -0.39 is 0 Å². The van der Waals surface area contributed by atoms with Crippen LogP contribution in [0.3, 0.4) is 0 Å². The van der Waals surface area contributed by atoms with Crippen molar-refractivity contribution in [2.45, 2.75) is 27.7 Å². The van der Waals surface area contributed by atoms with Crippen molar-refractivity contribution in [3.63, 3.8) is 0 Å². The van der Waals surface area contributed by atoms with E-state index in [-0.39, 0.29) is 5.78 Å². The Morgan fingerprint density at radius 3 is 1.39 bits per heavy atom. The smallest absolute Gasteiger partial charge is 0.193 e. The second-order valence-corrected chi connectivity index (χ2v) is 6.39. The number of hydrogen-bond acceptors (Lipinski definition) is 2. The third kappa shape index (κ3) is 8.32. The topological polar surface area (TPSA) is 26.3 Å². The molecule has 0 saturated carbocycles. The summed E-state index contributed by atoms with van der Waals surface area (Å²) >= 11 is 0. The standard InChI is InChI=1S/C13H10O.C8H18O/c14-13(11-7-3-1-4-8-11)12-9-5-2-6-10-12;1-7(2)5-9-6-8(3)4/h1-10H;7-8H,5-6H2,1-4H3. The Hall–Kier alpha value is -1.93. The van der Waals surface area contributed by atoms with Gasteiger partial charge in [0.15, 0.2) is 5.78 Å². The Bertz CT molecular complexity index is 495. The van der Waals surface area contributed by atoms with E-state index in [0.717, 1.165) is 24.3 Å². The lowest BCUT2D eigenvalue weighted by Crippen LogP contribution is -2.06. The average Bonchev–Trinajstić information content (AvgIpc) is 2.56.